The van der Waals surface area contributed by atoms with Crippen molar-refractivity contribution in [2.24, 2.45) is 5.14 Å². The fourth-order valence-corrected chi connectivity index (χ4v) is 0.990. The molecule has 0 aliphatic rings. The largest absolute Gasteiger partial charge is 0.399 e. The first-order valence-corrected chi connectivity index (χ1v) is 8.86. The van der Waals surface area contributed by atoms with Crippen LogP contribution in [0.15, 0.2) is 18.2 Å². The van der Waals surface area contributed by atoms with Crippen LogP contribution in [0.4, 0.5) is 11.4 Å². The van der Waals surface area contributed by atoms with Gasteiger partial charge in [0, 0.05) is 17.9 Å². The number of benzene rings is 1. The van der Waals surface area contributed by atoms with E-state index in [2.05, 4.69) is 23.4 Å². The molecule has 0 fully saturated rings. The molecule has 7 N–H and O–H groups in total. The van der Waals surface area contributed by atoms with Gasteiger partial charge >= 0.3 is 10.4 Å². The molecule has 0 radical (unpaired) electrons. The van der Waals surface area contributed by atoms with Crippen LogP contribution in [0.25, 0.3) is 0 Å². The molecule has 0 saturated carbocycles. The predicted octanol–water partition coefficient (Wildman–Crippen LogP) is 0.261. The van der Waals surface area contributed by atoms with Gasteiger partial charge in [-0.15, -0.1) is 0 Å². The number of hydrogen-bond acceptors (Lipinski definition) is 6. The standard InChI is InChI=1S/C9H14N2.CH5NO2S.H2O4S/c1-3-11-8-4-5-9(10)7(2)6-8;2*1-5(2,3)4/h4-6,11H,3,10H2,1-2H3;1H3,(H2,2,3,4);(H2,1,2,3,4). The van der Waals surface area contributed by atoms with Gasteiger partial charge in [0.1, 0.15) is 0 Å². The minimum absolute atomic E-state index is 0.853. The Kier molecular flexibility index (Phi) is 9.92. The number of nitrogens with one attached hydrogen (secondary N) is 1. The highest BCUT2D eigenvalue weighted by Crippen LogP contribution is 2.15. The molecule has 0 heterocycles. The SMILES string of the molecule is CCNc1ccc(N)c(C)c1.CS(N)(=O)=O.O=S(=O)(O)O. The maximum absolute atomic E-state index is 9.41. The van der Waals surface area contributed by atoms with E-state index in [1.54, 1.807) is 0 Å². The zero-order valence-electron chi connectivity index (χ0n) is 11.9. The second-order valence-electron chi connectivity index (χ2n) is 3.88. The van der Waals surface area contributed by atoms with Gasteiger partial charge in [0.05, 0.1) is 6.26 Å². The van der Waals surface area contributed by atoms with Crippen LogP contribution in [0, 0.1) is 6.92 Å². The molecule has 1 aromatic rings. The molecule has 0 aromatic heterocycles. The average Bonchev–Trinajstić information content (AvgIpc) is 2.19. The monoisotopic (exact) mass is 343 g/mol. The Morgan fingerprint density at radius 2 is 1.57 bits per heavy atom. The van der Waals surface area contributed by atoms with Crippen molar-refractivity contribution < 1.29 is 25.9 Å². The first-order valence-electron chi connectivity index (χ1n) is 5.51. The summed E-state index contributed by atoms with van der Waals surface area (Å²) in [5, 5.41) is 7.55. The summed E-state index contributed by atoms with van der Waals surface area (Å²) in [6.07, 6.45) is 0.938. The number of sulfonamides is 1. The minimum Gasteiger partial charge on any atom is -0.399 e. The smallest absolute Gasteiger partial charge is 0.394 e. The van der Waals surface area contributed by atoms with E-state index < -0.39 is 20.4 Å². The molecule has 0 saturated heterocycles. The fraction of sp³-hybridized carbons (Fsp3) is 0.400. The van der Waals surface area contributed by atoms with Crippen molar-refractivity contribution in [3.63, 3.8) is 0 Å². The lowest BCUT2D eigenvalue weighted by molar-refractivity contribution is 0.381. The van der Waals surface area contributed by atoms with Crippen molar-refractivity contribution in [2.45, 2.75) is 13.8 Å². The molecule has 0 aliphatic heterocycles. The van der Waals surface area contributed by atoms with E-state index >= 15 is 0 Å². The Bertz CT molecular complexity index is 582. The molecule has 0 aliphatic carbocycles. The van der Waals surface area contributed by atoms with Gasteiger partial charge in [-0.05, 0) is 37.6 Å². The summed E-state index contributed by atoms with van der Waals surface area (Å²) >= 11 is 0. The average molecular weight is 343 g/mol. The maximum atomic E-state index is 9.41. The van der Waals surface area contributed by atoms with Crippen LogP contribution in [-0.4, -0.2) is 38.7 Å². The highest BCUT2D eigenvalue weighted by Gasteiger charge is 1.93. The van der Waals surface area contributed by atoms with Crippen LogP contribution >= 0.6 is 0 Å². The third-order valence-corrected chi connectivity index (χ3v) is 1.65. The zero-order valence-corrected chi connectivity index (χ0v) is 13.6. The van der Waals surface area contributed by atoms with Crippen LogP contribution in [0.1, 0.15) is 12.5 Å². The first kappa shape index (κ1) is 21.9. The van der Waals surface area contributed by atoms with E-state index in [4.69, 9.17) is 23.3 Å². The molecule has 0 spiro atoms. The summed E-state index contributed by atoms with van der Waals surface area (Å²) in [5.41, 5.74) is 8.78. The highest BCUT2D eigenvalue weighted by atomic mass is 32.3. The van der Waals surface area contributed by atoms with Gasteiger partial charge < -0.3 is 11.1 Å². The molecule has 21 heavy (non-hydrogen) atoms. The normalized spacial score (nSPS) is 10.6. The van der Waals surface area contributed by atoms with Crippen molar-refractivity contribution in [3.05, 3.63) is 23.8 Å². The predicted molar refractivity (Wildman–Crippen MR) is 83.0 cm³/mol. The fourth-order valence-electron chi connectivity index (χ4n) is 0.990. The molecular weight excluding hydrogens is 322 g/mol. The third kappa shape index (κ3) is 24.0. The van der Waals surface area contributed by atoms with E-state index in [-0.39, 0.29) is 0 Å². The summed E-state index contributed by atoms with van der Waals surface area (Å²) in [5.74, 6) is 0. The molecule has 124 valence electrons. The lowest BCUT2D eigenvalue weighted by Crippen LogP contribution is -2.07. The molecule has 0 unspecified atom stereocenters. The van der Waals surface area contributed by atoms with Crippen LogP contribution < -0.4 is 16.2 Å². The van der Waals surface area contributed by atoms with Gasteiger partial charge in [-0.1, -0.05) is 0 Å². The zero-order chi connectivity index (χ0) is 17.3. The summed E-state index contributed by atoms with van der Waals surface area (Å²) in [7, 11) is -7.83. The summed E-state index contributed by atoms with van der Waals surface area (Å²) in [4.78, 5) is 0. The maximum Gasteiger partial charge on any atom is 0.394 e. The molecule has 1 aromatic carbocycles. The number of nitrogen functional groups attached to an aromatic ring is 1. The van der Waals surface area contributed by atoms with Gasteiger partial charge in [0.25, 0.3) is 0 Å². The Labute approximate surface area is 125 Å². The van der Waals surface area contributed by atoms with E-state index in [9.17, 15) is 8.42 Å². The Morgan fingerprint density at radius 1 is 1.19 bits per heavy atom. The van der Waals surface area contributed by atoms with Gasteiger partial charge in [0.2, 0.25) is 10.0 Å². The number of aryl methyl sites for hydroxylation is 1. The Hall–Kier alpha value is -1.40. The number of primary sulfonamides is 1. The second kappa shape index (κ2) is 9.52. The quantitative estimate of drug-likeness (QED) is 0.375. The molecule has 0 amide bonds. The van der Waals surface area contributed by atoms with Crippen LogP contribution in [0.3, 0.4) is 0 Å². The van der Waals surface area contributed by atoms with E-state index in [0.29, 0.717) is 0 Å². The Balaban J connectivity index is 0. The number of anilines is 2. The van der Waals surface area contributed by atoms with E-state index in [1.165, 1.54) is 0 Å². The first-order chi connectivity index (χ1) is 9.24. The van der Waals surface area contributed by atoms with E-state index in [0.717, 1.165) is 29.7 Å². The molecule has 0 bridgehead atoms. The molecule has 1 rings (SSSR count). The van der Waals surface area contributed by atoms with Crippen LogP contribution in [0.2, 0.25) is 0 Å². The van der Waals surface area contributed by atoms with Crippen molar-refractivity contribution in [1.29, 1.82) is 0 Å². The van der Waals surface area contributed by atoms with Gasteiger partial charge in [-0.2, -0.15) is 8.42 Å². The topological polar surface area (TPSA) is 173 Å². The lowest BCUT2D eigenvalue weighted by Gasteiger charge is -2.05. The van der Waals surface area contributed by atoms with Crippen LogP contribution in [-0.2, 0) is 20.4 Å². The second-order valence-corrected chi connectivity index (χ2v) is 6.43. The number of nitrogens with two attached hydrogens (primary N) is 2. The summed E-state index contributed by atoms with van der Waals surface area (Å²) in [6, 6.07) is 5.97. The van der Waals surface area contributed by atoms with Gasteiger partial charge in [0.15, 0.2) is 0 Å². The lowest BCUT2D eigenvalue weighted by atomic mass is 10.2. The van der Waals surface area contributed by atoms with E-state index in [1.807, 2.05) is 19.1 Å². The van der Waals surface area contributed by atoms with Crippen LogP contribution in [0.5, 0.6) is 0 Å². The van der Waals surface area contributed by atoms with Crippen molar-refractivity contribution in [1.82, 2.24) is 0 Å². The number of hydrogen-bond donors (Lipinski definition) is 5. The Morgan fingerprint density at radius 3 is 1.86 bits per heavy atom. The molecular formula is C10H21N3O6S2. The summed E-state index contributed by atoms with van der Waals surface area (Å²) in [6.45, 7) is 5.03. The molecule has 0 atom stereocenters. The summed E-state index contributed by atoms with van der Waals surface area (Å²) < 4.78 is 50.4. The van der Waals surface area contributed by atoms with Gasteiger partial charge in [-0.3, -0.25) is 9.11 Å². The minimum atomic E-state index is -4.67. The van der Waals surface area contributed by atoms with Crippen molar-refractivity contribution in [2.75, 3.05) is 23.9 Å². The highest BCUT2D eigenvalue weighted by molar-refractivity contribution is 7.88. The number of rotatable bonds is 2. The third-order valence-electron chi connectivity index (χ3n) is 1.65. The van der Waals surface area contributed by atoms with Crippen molar-refractivity contribution >= 4 is 31.8 Å². The molecule has 9 nitrogen and oxygen atoms in total. The van der Waals surface area contributed by atoms with Crippen molar-refractivity contribution in [3.8, 4) is 0 Å². The molecule has 11 heteroatoms. The van der Waals surface area contributed by atoms with Gasteiger partial charge in [-0.25, -0.2) is 13.6 Å².